The Morgan fingerprint density at radius 2 is 1.62 bits per heavy atom. The van der Waals surface area contributed by atoms with Gasteiger partial charge in [0.2, 0.25) is 0 Å². The molecule has 1 aliphatic rings. The molecule has 1 saturated heterocycles. The highest BCUT2D eigenvalue weighted by Gasteiger charge is 2.21. The Labute approximate surface area is 187 Å². The molecule has 0 aliphatic carbocycles. The number of halogens is 2. The summed E-state index contributed by atoms with van der Waals surface area (Å²) >= 11 is 0. The summed E-state index contributed by atoms with van der Waals surface area (Å²) in [6.07, 6.45) is 2.49. The Morgan fingerprint density at radius 3 is 2.38 bits per heavy atom. The lowest BCUT2D eigenvalue weighted by atomic mass is 10.0. The lowest BCUT2D eigenvalue weighted by Gasteiger charge is -2.29. The molecule has 4 rings (SSSR count). The zero-order valence-corrected chi connectivity index (χ0v) is 18.1. The third kappa shape index (κ3) is 5.72. The summed E-state index contributed by atoms with van der Waals surface area (Å²) in [7, 11) is 1.71. The van der Waals surface area contributed by atoms with E-state index in [0.29, 0.717) is 11.3 Å². The third-order valence-electron chi connectivity index (χ3n) is 5.65. The third-order valence-corrected chi connectivity index (χ3v) is 5.65. The zero-order chi connectivity index (χ0) is 22.3. The summed E-state index contributed by atoms with van der Waals surface area (Å²) in [5, 5.41) is 0.888. The van der Waals surface area contributed by atoms with Crippen molar-refractivity contribution in [2.45, 2.75) is 25.6 Å². The van der Waals surface area contributed by atoms with Gasteiger partial charge in [0.1, 0.15) is 0 Å². The van der Waals surface area contributed by atoms with Crippen LogP contribution in [0, 0.1) is 29.4 Å². The monoisotopic (exact) mass is 436 g/mol. The van der Waals surface area contributed by atoms with Gasteiger partial charge < -0.3 is 14.2 Å². The molecule has 0 N–H and O–H groups in total. The highest BCUT2D eigenvalue weighted by Crippen LogP contribution is 2.22. The second-order valence-corrected chi connectivity index (χ2v) is 8.03. The smallest absolute Gasteiger partial charge is 0.166 e. The van der Waals surface area contributed by atoms with Gasteiger partial charge in [-0.05, 0) is 54.1 Å². The quantitative estimate of drug-likeness (QED) is 0.479. The molecule has 1 heterocycles. The second-order valence-electron chi connectivity index (χ2n) is 8.03. The number of aryl methyl sites for hydroxylation is 1. The number of rotatable bonds is 6. The highest BCUT2D eigenvalue weighted by molar-refractivity contribution is 5.84. The van der Waals surface area contributed by atoms with Crippen molar-refractivity contribution >= 4 is 10.8 Å². The molecule has 1 aliphatic heterocycles. The molecule has 0 amide bonds. The van der Waals surface area contributed by atoms with Crippen LogP contribution < -0.4 is 0 Å². The molecule has 0 aromatic heterocycles. The Balaban J connectivity index is 1.31. The summed E-state index contributed by atoms with van der Waals surface area (Å²) in [5.74, 6) is 4.96. The molecule has 0 radical (unpaired) electrons. The van der Waals surface area contributed by atoms with Crippen molar-refractivity contribution in [2.75, 3.05) is 26.9 Å². The molecule has 3 aromatic carbocycles. The summed E-state index contributed by atoms with van der Waals surface area (Å²) in [4.78, 5) is 0. The molecule has 0 spiro atoms. The maximum Gasteiger partial charge on any atom is 0.166 e. The van der Waals surface area contributed by atoms with E-state index in [4.69, 9.17) is 14.2 Å². The molecule has 0 unspecified atom stereocenters. The molecule has 0 bridgehead atoms. The Bertz CT molecular complexity index is 1110. The van der Waals surface area contributed by atoms with E-state index in [1.165, 1.54) is 5.56 Å². The van der Waals surface area contributed by atoms with E-state index in [0.717, 1.165) is 56.3 Å². The SMILES string of the molecule is COCCC1COC(CCc2ccc(C#Cc3ccc4c(F)c(F)ccc4c3)cc2)OC1. The number of hydrogen-bond acceptors (Lipinski definition) is 3. The van der Waals surface area contributed by atoms with E-state index in [1.54, 1.807) is 31.4 Å². The van der Waals surface area contributed by atoms with E-state index in [9.17, 15) is 8.78 Å². The van der Waals surface area contributed by atoms with Crippen LogP contribution in [0.15, 0.2) is 54.6 Å². The van der Waals surface area contributed by atoms with Crippen molar-refractivity contribution in [1.29, 1.82) is 0 Å². The van der Waals surface area contributed by atoms with Gasteiger partial charge in [-0.25, -0.2) is 8.78 Å². The Kier molecular flexibility index (Phi) is 7.49. The van der Waals surface area contributed by atoms with Crippen molar-refractivity contribution in [3.05, 3.63) is 82.9 Å². The summed E-state index contributed by atoms with van der Waals surface area (Å²) in [5.41, 5.74) is 2.85. The van der Waals surface area contributed by atoms with Crippen LogP contribution in [0.2, 0.25) is 0 Å². The predicted octanol–water partition coefficient (Wildman–Crippen LogP) is 5.48. The van der Waals surface area contributed by atoms with Gasteiger partial charge in [0.15, 0.2) is 17.9 Å². The van der Waals surface area contributed by atoms with Crippen molar-refractivity contribution in [3.63, 3.8) is 0 Å². The van der Waals surface area contributed by atoms with Crippen LogP contribution in [-0.2, 0) is 20.6 Å². The van der Waals surface area contributed by atoms with Crippen LogP contribution in [0.25, 0.3) is 10.8 Å². The summed E-state index contributed by atoms with van der Waals surface area (Å²) in [6.45, 7) is 2.18. The van der Waals surface area contributed by atoms with E-state index in [2.05, 4.69) is 24.0 Å². The maximum atomic E-state index is 13.8. The first-order chi connectivity index (χ1) is 15.6. The van der Waals surface area contributed by atoms with Crippen LogP contribution in [0.5, 0.6) is 0 Å². The lowest BCUT2D eigenvalue weighted by Crippen LogP contribution is -2.32. The fraction of sp³-hybridized carbons (Fsp3) is 0.333. The largest absolute Gasteiger partial charge is 0.385 e. The standard InChI is InChI=1S/C27H26F2O3/c1-30-15-14-22-17-31-26(32-18-22)13-9-20-4-2-19(3-5-20)6-7-21-8-11-24-23(16-21)10-12-25(28)27(24)29/h2-5,8,10-12,16,22,26H,9,13-15,17-18H2,1H3. The number of benzene rings is 3. The Hall–Kier alpha value is -2.78. The van der Waals surface area contributed by atoms with Crippen molar-refractivity contribution in [1.82, 2.24) is 0 Å². The Morgan fingerprint density at radius 1 is 0.906 bits per heavy atom. The molecular formula is C27H26F2O3. The lowest BCUT2D eigenvalue weighted by molar-refractivity contribution is -0.204. The van der Waals surface area contributed by atoms with Gasteiger partial charge in [0, 0.05) is 42.6 Å². The van der Waals surface area contributed by atoms with Gasteiger partial charge in [-0.3, -0.25) is 0 Å². The topological polar surface area (TPSA) is 27.7 Å². The van der Waals surface area contributed by atoms with Gasteiger partial charge in [-0.15, -0.1) is 0 Å². The van der Waals surface area contributed by atoms with Crippen LogP contribution in [-0.4, -0.2) is 33.2 Å². The fourth-order valence-electron chi connectivity index (χ4n) is 3.73. The first-order valence-corrected chi connectivity index (χ1v) is 10.8. The highest BCUT2D eigenvalue weighted by atomic mass is 19.2. The van der Waals surface area contributed by atoms with Crippen molar-refractivity contribution in [2.24, 2.45) is 5.92 Å². The average molecular weight is 436 g/mol. The van der Waals surface area contributed by atoms with Crippen LogP contribution in [0.1, 0.15) is 29.5 Å². The molecule has 3 aromatic rings. The molecule has 0 saturated carbocycles. The zero-order valence-electron chi connectivity index (χ0n) is 18.1. The molecule has 1 fully saturated rings. The first kappa shape index (κ1) is 22.4. The molecule has 5 heteroatoms. The first-order valence-electron chi connectivity index (χ1n) is 10.8. The van der Waals surface area contributed by atoms with Gasteiger partial charge >= 0.3 is 0 Å². The van der Waals surface area contributed by atoms with Crippen LogP contribution in [0.3, 0.4) is 0 Å². The average Bonchev–Trinajstić information content (AvgIpc) is 2.84. The van der Waals surface area contributed by atoms with Gasteiger partial charge in [0.05, 0.1) is 13.2 Å². The summed E-state index contributed by atoms with van der Waals surface area (Å²) < 4.78 is 43.9. The summed E-state index contributed by atoms with van der Waals surface area (Å²) in [6, 6.07) is 15.8. The van der Waals surface area contributed by atoms with E-state index in [1.807, 2.05) is 12.1 Å². The maximum absolute atomic E-state index is 13.8. The molecule has 0 atom stereocenters. The van der Waals surface area contributed by atoms with E-state index >= 15 is 0 Å². The number of fused-ring (bicyclic) bond motifs is 1. The molecule has 3 nitrogen and oxygen atoms in total. The van der Waals surface area contributed by atoms with Crippen molar-refractivity contribution < 1.29 is 23.0 Å². The predicted molar refractivity (Wildman–Crippen MR) is 120 cm³/mol. The second kappa shape index (κ2) is 10.7. The van der Waals surface area contributed by atoms with Crippen LogP contribution >= 0.6 is 0 Å². The molecule has 32 heavy (non-hydrogen) atoms. The minimum Gasteiger partial charge on any atom is -0.385 e. The number of hydrogen-bond donors (Lipinski definition) is 0. The minimum absolute atomic E-state index is 0.153. The minimum atomic E-state index is -0.843. The van der Waals surface area contributed by atoms with Gasteiger partial charge in [0.25, 0.3) is 0 Å². The van der Waals surface area contributed by atoms with E-state index in [-0.39, 0.29) is 11.7 Å². The molecule has 166 valence electrons. The molecular weight excluding hydrogens is 410 g/mol. The van der Waals surface area contributed by atoms with Crippen molar-refractivity contribution in [3.8, 4) is 11.8 Å². The fourth-order valence-corrected chi connectivity index (χ4v) is 3.73. The van der Waals surface area contributed by atoms with E-state index < -0.39 is 11.6 Å². The number of methoxy groups -OCH3 is 1. The van der Waals surface area contributed by atoms with Gasteiger partial charge in [-0.2, -0.15) is 0 Å². The van der Waals surface area contributed by atoms with Crippen LogP contribution in [0.4, 0.5) is 8.78 Å². The normalized spacial score (nSPS) is 18.3. The number of ether oxygens (including phenoxy) is 3. The van der Waals surface area contributed by atoms with Gasteiger partial charge in [-0.1, -0.05) is 36.1 Å².